The van der Waals surface area contributed by atoms with E-state index in [1.165, 1.54) is 0 Å². The lowest BCUT2D eigenvalue weighted by atomic mass is 10.2. The number of thiophene rings is 1. The second kappa shape index (κ2) is 6.99. The van der Waals surface area contributed by atoms with Gasteiger partial charge in [0.2, 0.25) is 5.91 Å². The van der Waals surface area contributed by atoms with Gasteiger partial charge in [-0.15, -0.1) is 11.3 Å². The third-order valence-electron chi connectivity index (χ3n) is 3.72. The molecule has 1 fully saturated rings. The molecule has 1 aliphatic heterocycles. The highest BCUT2D eigenvalue weighted by Gasteiger charge is 2.19. The summed E-state index contributed by atoms with van der Waals surface area (Å²) in [5, 5.41) is 2.76. The highest BCUT2D eigenvalue weighted by molar-refractivity contribution is 7.10. The summed E-state index contributed by atoms with van der Waals surface area (Å²) in [6.45, 7) is 3.19. The van der Waals surface area contributed by atoms with Gasteiger partial charge in [-0.25, -0.2) is 0 Å². The van der Waals surface area contributed by atoms with Crippen LogP contribution in [-0.2, 0) is 4.79 Å². The van der Waals surface area contributed by atoms with Crippen LogP contribution in [-0.4, -0.2) is 37.0 Å². The first-order valence-electron chi connectivity index (χ1n) is 7.23. The van der Waals surface area contributed by atoms with Crippen LogP contribution in [0.2, 0.25) is 5.02 Å². The number of hydrogen-bond donors (Lipinski definition) is 0. The second-order valence-corrected chi connectivity index (χ2v) is 6.55. The van der Waals surface area contributed by atoms with E-state index in [-0.39, 0.29) is 5.91 Å². The third kappa shape index (κ3) is 3.70. The predicted octanol–water partition coefficient (Wildman–Crippen LogP) is 3.76. The molecule has 0 aliphatic carbocycles. The molecule has 1 aromatic heterocycles. The molecule has 1 aliphatic rings. The number of carbonyl (C=O) groups is 1. The zero-order valence-corrected chi connectivity index (χ0v) is 13.7. The zero-order chi connectivity index (χ0) is 15.4. The van der Waals surface area contributed by atoms with Crippen LogP contribution in [0.4, 0.5) is 5.69 Å². The van der Waals surface area contributed by atoms with Gasteiger partial charge in [0.15, 0.2) is 0 Å². The van der Waals surface area contributed by atoms with Crippen molar-refractivity contribution in [3.8, 4) is 0 Å². The first-order chi connectivity index (χ1) is 10.7. The fourth-order valence-electron chi connectivity index (χ4n) is 2.48. The molecule has 2 aromatic rings. The molecule has 0 saturated carbocycles. The van der Waals surface area contributed by atoms with Crippen molar-refractivity contribution in [3.05, 3.63) is 57.8 Å². The largest absolute Gasteiger partial charge is 0.368 e. The second-order valence-electron chi connectivity index (χ2n) is 5.14. The van der Waals surface area contributed by atoms with E-state index in [1.807, 2.05) is 52.8 Å². The summed E-state index contributed by atoms with van der Waals surface area (Å²) in [5.74, 6) is 0.0872. The van der Waals surface area contributed by atoms with Crippen LogP contribution in [0.25, 0.3) is 6.08 Å². The Kier molecular flexibility index (Phi) is 4.80. The van der Waals surface area contributed by atoms with Gasteiger partial charge >= 0.3 is 0 Å². The molecule has 1 amide bonds. The van der Waals surface area contributed by atoms with Crippen LogP contribution < -0.4 is 4.90 Å². The van der Waals surface area contributed by atoms with Crippen LogP contribution in [0.5, 0.6) is 0 Å². The van der Waals surface area contributed by atoms with Crippen LogP contribution in [0, 0.1) is 0 Å². The molecule has 0 radical (unpaired) electrons. The fraction of sp³-hybridized carbons (Fsp3) is 0.235. The predicted molar refractivity (Wildman–Crippen MR) is 93.6 cm³/mol. The molecule has 22 heavy (non-hydrogen) atoms. The first-order valence-corrected chi connectivity index (χ1v) is 8.49. The summed E-state index contributed by atoms with van der Waals surface area (Å²) >= 11 is 7.55. The average molecular weight is 333 g/mol. The molecule has 0 spiro atoms. The maximum Gasteiger partial charge on any atom is 0.246 e. The molecule has 1 saturated heterocycles. The Morgan fingerprint density at radius 1 is 1.09 bits per heavy atom. The number of amides is 1. The van der Waals surface area contributed by atoms with E-state index in [2.05, 4.69) is 4.90 Å². The van der Waals surface area contributed by atoms with Gasteiger partial charge in [0, 0.05) is 47.8 Å². The van der Waals surface area contributed by atoms with E-state index in [4.69, 9.17) is 11.6 Å². The minimum absolute atomic E-state index is 0.0872. The monoisotopic (exact) mass is 332 g/mol. The summed E-state index contributed by atoms with van der Waals surface area (Å²) in [5.41, 5.74) is 1.16. The van der Waals surface area contributed by atoms with Crippen molar-refractivity contribution in [1.29, 1.82) is 0 Å². The molecule has 0 atom stereocenters. The fourth-order valence-corrected chi connectivity index (χ4v) is 3.23. The summed E-state index contributed by atoms with van der Waals surface area (Å²) in [6, 6.07) is 11.8. The van der Waals surface area contributed by atoms with Crippen molar-refractivity contribution in [1.82, 2.24) is 4.90 Å². The molecule has 1 aromatic carbocycles. The Morgan fingerprint density at radius 3 is 2.45 bits per heavy atom. The van der Waals surface area contributed by atoms with Gasteiger partial charge in [-0.2, -0.15) is 0 Å². The van der Waals surface area contributed by atoms with Crippen molar-refractivity contribution in [2.75, 3.05) is 31.1 Å². The van der Waals surface area contributed by atoms with Crippen molar-refractivity contribution >= 4 is 40.6 Å². The van der Waals surface area contributed by atoms with E-state index in [1.54, 1.807) is 17.4 Å². The van der Waals surface area contributed by atoms with Gasteiger partial charge in [0.05, 0.1) is 0 Å². The molecule has 0 N–H and O–H groups in total. The summed E-state index contributed by atoms with van der Waals surface area (Å²) < 4.78 is 0. The number of rotatable bonds is 3. The average Bonchev–Trinajstić information content (AvgIpc) is 3.07. The SMILES string of the molecule is O=C(C=Cc1cccs1)N1CCN(c2ccc(Cl)cc2)CC1. The number of halogens is 1. The summed E-state index contributed by atoms with van der Waals surface area (Å²) in [7, 11) is 0. The standard InChI is InChI=1S/C17H17ClN2OS/c18-14-3-5-15(6-4-14)19-9-11-20(12-10-19)17(21)8-7-16-2-1-13-22-16/h1-8,13H,9-12H2. The smallest absolute Gasteiger partial charge is 0.246 e. The number of piperazine rings is 1. The molecule has 114 valence electrons. The van der Waals surface area contributed by atoms with E-state index in [9.17, 15) is 4.79 Å². The maximum atomic E-state index is 12.2. The minimum atomic E-state index is 0.0872. The molecular weight excluding hydrogens is 316 g/mol. The van der Waals surface area contributed by atoms with E-state index < -0.39 is 0 Å². The Morgan fingerprint density at radius 2 is 1.82 bits per heavy atom. The number of nitrogens with zero attached hydrogens (tertiary/aromatic N) is 2. The van der Waals surface area contributed by atoms with Crippen molar-refractivity contribution < 1.29 is 4.79 Å². The molecule has 3 nitrogen and oxygen atoms in total. The van der Waals surface area contributed by atoms with Crippen molar-refractivity contribution in [2.24, 2.45) is 0 Å². The number of anilines is 1. The Hall–Kier alpha value is -1.78. The number of carbonyl (C=O) groups excluding carboxylic acids is 1. The quantitative estimate of drug-likeness (QED) is 0.799. The molecule has 5 heteroatoms. The van der Waals surface area contributed by atoms with Gasteiger partial charge in [0.1, 0.15) is 0 Å². The lowest BCUT2D eigenvalue weighted by molar-refractivity contribution is -0.126. The highest BCUT2D eigenvalue weighted by Crippen LogP contribution is 2.19. The lowest BCUT2D eigenvalue weighted by Crippen LogP contribution is -2.48. The van der Waals surface area contributed by atoms with E-state index in [0.29, 0.717) is 0 Å². The van der Waals surface area contributed by atoms with Gasteiger partial charge < -0.3 is 9.80 Å². The lowest BCUT2D eigenvalue weighted by Gasteiger charge is -2.35. The summed E-state index contributed by atoms with van der Waals surface area (Å²) in [6.07, 6.45) is 3.56. The van der Waals surface area contributed by atoms with Gasteiger partial charge in [-0.1, -0.05) is 17.7 Å². The van der Waals surface area contributed by atoms with Crippen LogP contribution in [0.1, 0.15) is 4.88 Å². The van der Waals surface area contributed by atoms with Crippen LogP contribution in [0.3, 0.4) is 0 Å². The normalized spacial score (nSPS) is 15.5. The number of hydrogen-bond acceptors (Lipinski definition) is 3. The van der Waals surface area contributed by atoms with Crippen LogP contribution >= 0.6 is 22.9 Å². The van der Waals surface area contributed by atoms with Gasteiger partial charge in [-0.05, 0) is 41.8 Å². The Balaban J connectivity index is 1.55. The molecule has 0 unspecified atom stereocenters. The molecule has 3 rings (SSSR count). The molecule has 2 heterocycles. The van der Waals surface area contributed by atoms with E-state index >= 15 is 0 Å². The van der Waals surface area contributed by atoms with Crippen molar-refractivity contribution in [2.45, 2.75) is 0 Å². The van der Waals surface area contributed by atoms with Crippen molar-refractivity contribution in [3.63, 3.8) is 0 Å². The summed E-state index contributed by atoms with van der Waals surface area (Å²) in [4.78, 5) is 17.5. The van der Waals surface area contributed by atoms with Gasteiger partial charge in [-0.3, -0.25) is 4.79 Å². The first kappa shape index (κ1) is 15.1. The Labute approximate surface area is 139 Å². The van der Waals surface area contributed by atoms with Crippen LogP contribution in [0.15, 0.2) is 47.9 Å². The number of benzene rings is 1. The third-order valence-corrected chi connectivity index (χ3v) is 4.81. The maximum absolute atomic E-state index is 12.2. The molecular formula is C17H17ClN2OS. The van der Waals surface area contributed by atoms with E-state index in [0.717, 1.165) is 41.8 Å². The Bertz CT molecular complexity index is 644. The van der Waals surface area contributed by atoms with Gasteiger partial charge in [0.25, 0.3) is 0 Å². The highest BCUT2D eigenvalue weighted by atomic mass is 35.5. The topological polar surface area (TPSA) is 23.6 Å². The zero-order valence-electron chi connectivity index (χ0n) is 12.1. The molecule has 0 bridgehead atoms. The minimum Gasteiger partial charge on any atom is -0.368 e.